The lowest BCUT2D eigenvalue weighted by atomic mass is 10.2. The number of anilines is 1. The van der Waals surface area contributed by atoms with Crippen molar-refractivity contribution in [3.05, 3.63) is 48.8 Å². The van der Waals surface area contributed by atoms with Gasteiger partial charge in [0.2, 0.25) is 0 Å². The predicted octanol–water partition coefficient (Wildman–Crippen LogP) is 3.37. The van der Waals surface area contributed by atoms with E-state index in [-0.39, 0.29) is 0 Å². The monoisotopic (exact) mass is 267 g/mol. The Morgan fingerprint density at radius 3 is 2.65 bits per heavy atom. The molecule has 0 fully saturated rings. The Bertz CT molecular complexity index is 716. The van der Waals surface area contributed by atoms with E-state index in [1.807, 2.05) is 53.2 Å². The largest absolute Gasteiger partial charge is 0.494 e. The summed E-state index contributed by atoms with van der Waals surface area (Å²) in [6, 6.07) is 11.8. The third kappa shape index (κ3) is 2.45. The van der Waals surface area contributed by atoms with Gasteiger partial charge in [-0.3, -0.25) is 0 Å². The fraction of sp³-hybridized carbons (Fsp3) is 0.188. The molecule has 0 aliphatic heterocycles. The van der Waals surface area contributed by atoms with Gasteiger partial charge in [0.25, 0.3) is 0 Å². The molecule has 4 nitrogen and oxygen atoms in total. The molecule has 1 aromatic carbocycles. The highest BCUT2D eigenvalue weighted by molar-refractivity contribution is 5.64. The maximum atomic E-state index is 5.77. The van der Waals surface area contributed by atoms with Crippen LogP contribution in [0.1, 0.15) is 13.3 Å². The van der Waals surface area contributed by atoms with Crippen molar-refractivity contribution in [2.24, 2.45) is 0 Å². The van der Waals surface area contributed by atoms with E-state index >= 15 is 0 Å². The van der Waals surface area contributed by atoms with Crippen LogP contribution < -0.4 is 10.5 Å². The van der Waals surface area contributed by atoms with E-state index in [1.165, 1.54) is 0 Å². The molecule has 3 rings (SSSR count). The average Bonchev–Trinajstić information content (AvgIpc) is 2.88. The highest BCUT2D eigenvalue weighted by atomic mass is 16.5. The number of hydrogen-bond acceptors (Lipinski definition) is 3. The topological polar surface area (TPSA) is 52.5 Å². The summed E-state index contributed by atoms with van der Waals surface area (Å²) in [6.45, 7) is 2.84. The fourth-order valence-corrected chi connectivity index (χ4v) is 2.09. The first-order valence-corrected chi connectivity index (χ1v) is 6.74. The highest BCUT2D eigenvalue weighted by Crippen LogP contribution is 2.22. The van der Waals surface area contributed by atoms with E-state index in [2.05, 4.69) is 11.9 Å². The molecule has 3 aromatic rings. The molecule has 0 bridgehead atoms. The zero-order valence-corrected chi connectivity index (χ0v) is 11.4. The van der Waals surface area contributed by atoms with Gasteiger partial charge in [0.05, 0.1) is 12.3 Å². The van der Waals surface area contributed by atoms with Crippen molar-refractivity contribution in [3.63, 3.8) is 0 Å². The highest BCUT2D eigenvalue weighted by Gasteiger charge is 2.04. The van der Waals surface area contributed by atoms with Crippen LogP contribution in [0.5, 0.6) is 5.75 Å². The number of fused-ring (bicyclic) bond motifs is 1. The fourth-order valence-electron chi connectivity index (χ4n) is 2.09. The van der Waals surface area contributed by atoms with E-state index in [4.69, 9.17) is 10.5 Å². The molecule has 0 amide bonds. The van der Waals surface area contributed by atoms with Crippen molar-refractivity contribution in [2.75, 3.05) is 12.3 Å². The minimum atomic E-state index is 0.727. The number of pyridine rings is 1. The number of hydrogen-bond donors (Lipinski definition) is 1. The number of ether oxygens (including phenoxy) is 1. The minimum Gasteiger partial charge on any atom is -0.494 e. The van der Waals surface area contributed by atoms with Crippen molar-refractivity contribution in [3.8, 4) is 17.0 Å². The second kappa shape index (κ2) is 5.25. The molecule has 0 aliphatic rings. The van der Waals surface area contributed by atoms with Crippen LogP contribution in [-0.2, 0) is 0 Å². The van der Waals surface area contributed by atoms with Crippen molar-refractivity contribution in [2.45, 2.75) is 13.3 Å². The van der Waals surface area contributed by atoms with Gasteiger partial charge in [0.1, 0.15) is 11.4 Å². The summed E-state index contributed by atoms with van der Waals surface area (Å²) in [5.74, 6) is 0.892. The Labute approximate surface area is 117 Å². The summed E-state index contributed by atoms with van der Waals surface area (Å²) >= 11 is 0. The van der Waals surface area contributed by atoms with Gasteiger partial charge in [0, 0.05) is 23.6 Å². The van der Waals surface area contributed by atoms with Crippen LogP contribution in [0.15, 0.2) is 48.8 Å². The van der Waals surface area contributed by atoms with Crippen LogP contribution in [0.25, 0.3) is 16.9 Å². The van der Waals surface area contributed by atoms with Gasteiger partial charge in [0.15, 0.2) is 0 Å². The molecule has 20 heavy (non-hydrogen) atoms. The van der Waals surface area contributed by atoms with Gasteiger partial charge in [-0.15, -0.1) is 0 Å². The summed E-state index contributed by atoms with van der Waals surface area (Å²) in [5, 5.41) is 0. The molecular formula is C16H17N3O. The zero-order chi connectivity index (χ0) is 13.9. The van der Waals surface area contributed by atoms with E-state index < -0.39 is 0 Å². The standard InChI is InChI=1S/C16H17N3O/c1-2-9-20-14-6-3-12(4-7-14)15-11-19-10-13(17)5-8-16(19)18-15/h3-8,10-11H,2,9,17H2,1H3. The van der Waals surface area contributed by atoms with Crippen molar-refractivity contribution in [1.82, 2.24) is 9.38 Å². The normalized spacial score (nSPS) is 10.8. The Morgan fingerprint density at radius 1 is 1.10 bits per heavy atom. The molecule has 0 aliphatic carbocycles. The lowest BCUT2D eigenvalue weighted by Crippen LogP contribution is -1.94. The average molecular weight is 267 g/mol. The summed E-state index contributed by atoms with van der Waals surface area (Å²) < 4.78 is 7.52. The van der Waals surface area contributed by atoms with Gasteiger partial charge in [-0.05, 0) is 42.8 Å². The number of nitrogen functional groups attached to an aromatic ring is 1. The zero-order valence-electron chi connectivity index (χ0n) is 11.4. The summed E-state index contributed by atoms with van der Waals surface area (Å²) in [4.78, 5) is 4.58. The molecule has 0 atom stereocenters. The van der Waals surface area contributed by atoms with Gasteiger partial charge in [-0.25, -0.2) is 4.98 Å². The molecule has 0 unspecified atom stereocenters. The molecule has 4 heteroatoms. The van der Waals surface area contributed by atoms with E-state index in [0.29, 0.717) is 0 Å². The first-order valence-electron chi connectivity index (χ1n) is 6.74. The molecule has 0 saturated carbocycles. The van der Waals surface area contributed by atoms with Crippen LogP contribution in [0.4, 0.5) is 5.69 Å². The maximum absolute atomic E-state index is 5.77. The number of benzene rings is 1. The lowest BCUT2D eigenvalue weighted by molar-refractivity contribution is 0.317. The molecule has 102 valence electrons. The van der Waals surface area contributed by atoms with Crippen LogP contribution in [0, 0.1) is 0 Å². The first-order chi connectivity index (χ1) is 9.76. The van der Waals surface area contributed by atoms with Crippen LogP contribution in [0.2, 0.25) is 0 Å². The lowest BCUT2D eigenvalue weighted by Gasteiger charge is -2.04. The van der Waals surface area contributed by atoms with Crippen molar-refractivity contribution >= 4 is 11.3 Å². The Hall–Kier alpha value is -2.49. The number of imidazole rings is 1. The van der Waals surface area contributed by atoms with E-state index in [0.717, 1.165) is 41.4 Å². The molecule has 2 heterocycles. The Kier molecular flexibility index (Phi) is 3.29. The second-order valence-electron chi connectivity index (χ2n) is 4.73. The third-order valence-corrected chi connectivity index (χ3v) is 3.10. The summed E-state index contributed by atoms with van der Waals surface area (Å²) in [5.41, 5.74) is 9.38. The number of nitrogens with two attached hydrogens (primary N) is 1. The number of aromatic nitrogens is 2. The number of nitrogens with zero attached hydrogens (tertiary/aromatic N) is 2. The molecular weight excluding hydrogens is 250 g/mol. The Morgan fingerprint density at radius 2 is 1.90 bits per heavy atom. The minimum absolute atomic E-state index is 0.727. The molecule has 0 spiro atoms. The molecule has 0 saturated heterocycles. The van der Waals surface area contributed by atoms with Crippen molar-refractivity contribution in [1.29, 1.82) is 0 Å². The summed E-state index contributed by atoms with van der Waals surface area (Å²) in [7, 11) is 0. The number of rotatable bonds is 4. The molecule has 2 N–H and O–H groups in total. The third-order valence-electron chi connectivity index (χ3n) is 3.10. The SMILES string of the molecule is CCCOc1ccc(-c2cn3cc(N)ccc3n2)cc1. The van der Waals surface area contributed by atoms with Gasteiger partial charge >= 0.3 is 0 Å². The molecule has 0 radical (unpaired) electrons. The molecule has 2 aromatic heterocycles. The van der Waals surface area contributed by atoms with E-state index in [1.54, 1.807) is 0 Å². The summed E-state index contributed by atoms with van der Waals surface area (Å²) in [6.07, 6.45) is 4.85. The van der Waals surface area contributed by atoms with E-state index in [9.17, 15) is 0 Å². The second-order valence-corrected chi connectivity index (χ2v) is 4.73. The smallest absolute Gasteiger partial charge is 0.137 e. The van der Waals surface area contributed by atoms with Crippen LogP contribution >= 0.6 is 0 Å². The Balaban J connectivity index is 1.90. The quantitative estimate of drug-likeness (QED) is 0.788. The van der Waals surface area contributed by atoms with Gasteiger partial charge in [-0.1, -0.05) is 6.92 Å². The first kappa shape index (κ1) is 12.5. The van der Waals surface area contributed by atoms with Gasteiger partial charge < -0.3 is 14.9 Å². The maximum Gasteiger partial charge on any atom is 0.137 e. The van der Waals surface area contributed by atoms with Crippen LogP contribution in [-0.4, -0.2) is 16.0 Å². The van der Waals surface area contributed by atoms with Gasteiger partial charge in [-0.2, -0.15) is 0 Å². The van der Waals surface area contributed by atoms with Crippen LogP contribution in [0.3, 0.4) is 0 Å². The predicted molar refractivity (Wildman–Crippen MR) is 80.8 cm³/mol. The van der Waals surface area contributed by atoms with Crippen molar-refractivity contribution < 1.29 is 4.74 Å².